The van der Waals surface area contributed by atoms with Crippen LogP contribution in [0.2, 0.25) is 0 Å². The van der Waals surface area contributed by atoms with E-state index < -0.39 is 17.6 Å². The van der Waals surface area contributed by atoms with Crippen LogP contribution in [0.3, 0.4) is 0 Å². The van der Waals surface area contributed by atoms with Gasteiger partial charge in [0.1, 0.15) is 17.5 Å². The summed E-state index contributed by atoms with van der Waals surface area (Å²) in [4.78, 5) is 29.8. The Bertz CT molecular complexity index is 1610. The maximum Gasteiger partial charge on any atom is 0.416 e. The third-order valence-corrected chi connectivity index (χ3v) is 5.72. The van der Waals surface area contributed by atoms with Gasteiger partial charge in [0, 0.05) is 53.6 Å². The van der Waals surface area contributed by atoms with Gasteiger partial charge in [-0.3, -0.25) is 9.36 Å². The van der Waals surface area contributed by atoms with Gasteiger partial charge in [-0.2, -0.15) is 18.2 Å². The van der Waals surface area contributed by atoms with Crippen molar-refractivity contribution in [2.24, 2.45) is 0 Å². The van der Waals surface area contributed by atoms with Crippen LogP contribution >= 0.6 is 0 Å². The first-order valence-corrected chi connectivity index (χ1v) is 11.4. The zero-order chi connectivity index (χ0) is 26.9. The Morgan fingerprint density at radius 1 is 0.816 bits per heavy atom. The molecule has 38 heavy (non-hydrogen) atoms. The number of hydrogen-bond acceptors (Lipinski definition) is 6. The molecule has 9 nitrogen and oxygen atoms in total. The van der Waals surface area contributed by atoms with E-state index >= 15 is 0 Å². The number of amides is 1. The molecule has 0 bridgehead atoms. The summed E-state index contributed by atoms with van der Waals surface area (Å²) in [6.07, 6.45) is 3.53. The smallest absolute Gasteiger partial charge is 0.324 e. The van der Waals surface area contributed by atoms with Crippen LogP contribution in [0.25, 0.3) is 11.5 Å². The molecule has 0 radical (unpaired) electrons. The van der Waals surface area contributed by atoms with Crippen molar-refractivity contribution in [3.8, 4) is 11.5 Å². The maximum atomic E-state index is 13.5. The van der Waals surface area contributed by atoms with Gasteiger partial charge in [0.05, 0.1) is 5.56 Å². The molecule has 0 fully saturated rings. The Morgan fingerprint density at radius 3 is 2.13 bits per heavy atom. The molecule has 0 atom stereocenters. The second-order valence-electron chi connectivity index (χ2n) is 8.35. The summed E-state index contributed by atoms with van der Waals surface area (Å²) in [6.45, 7) is 3.53. The minimum absolute atomic E-state index is 0.00939. The summed E-state index contributed by atoms with van der Waals surface area (Å²) in [5.41, 5.74) is 0.244. The lowest BCUT2D eigenvalue weighted by molar-refractivity contribution is -0.137. The van der Waals surface area contributed by atoms with Crippen LogP contribution in [-0.4, -0.2) is 35.0 Å². The van der Waals surface area contributed by atoms with Crippen LogP contribution in [0, 0.1) is 13.8 Å². The number of carbonyl (C=O) groups excluding carboxylic acids is 1. The largest absolute Gasteiger partial charge is 0.416 e. The van der Waals surface area contributed by atoms with Crippen molar-refractivity contribution in [2.75, 3.05) is 10.6 Å². The van der Waals surface area contributed by atoms with Crippen LogP contribution in [0.1, 0.15) is 27.6 Å². The van der Waals surface area contributed by atoms with Crippen molar-refractivity contribution in [3.05, 3.63) is 102 Å². The molecular weight excluding hydrogens is 497 g/mol. The molecule has 0 aliphatic heterocycles. The molecule has 0 saturated heterocycles. The van der Waals surface area contributed by atoms with E-state index in [4.69, 9.17) is 0 Å². The fourth-order valence-electron chi connectivity index (χ4n) is 3.84. The van der Waals surface area contributed by atoms with Crippen molar-refractivity contribution < 1.29 is 18.0 Å². The van der Waals surface area contributed by atoms with E-state index in [0.717, 1.165) is 18.0 Å². The summed E-state index contributed by atoms with van der Waals surface area (Å²) in [6, 6.07) is 11.5. The van der Waals surface area contributed by atoms with Crippen molar-refractivity contribution >= 4 is 23.2 Å². The molecule has 1 amide bonds. The molecule has 3 aromatic heterocycles. The number of rotatable bonds is 6. The molecule has 2 N–H and O–H groups in total. The van der Waals surface area contributed by atoms with Crippen LogP contribution < -0.4 is 10.6 Å². The Morgan fingerprint density at radius 2 is 1.50 bits per heavy atom. The molecule has 0 aliphatic carbocycles. The topological polar surface area (TPSA) is 103 Å². The summed E-state index contributed by atoms with van der Waals surface area (Å²) in [5, 5.41) is 5.64. The molecule has 3 heterocycles. The van der Waals surface area contributed by atoms with Crippen molar-refractivity contribution in [3.63, 3.8) is 0 Å². The maximum absolute atomic E-state index is 13.5. The van der Waals surface area contributed by atoms with Gasteiger partial charge < -0.3 is 15.2 Å². The second-order valence-corrected chi connectivity index (χ2v) is 8.35. The molecule has 5 aromatic rings. The highest BCUT2D eigenvalue weighted by Crippen LogP contribution is 2.33. The average Bonchev–Trinajstić information content (AvgIpc) is 3.51. The van der Waals surface area contributed by atoms with E-state index in [0.29, 0.717) is 23.3 Å². The number of nitrogens with zero attached hydrogens (tertiary/aromatic N) is 6. The highest BCUT2D eigenvalue weighted by Gasteiger charge is 2.31. The van der Waals surface area contributed by atoms with E-state index in [9.17, 15) is 18.0 Å². The van der Waals surface area contributed by atoms with Gasteiger partial charge in [-0.25, -0.2) is 15.0 Å². The second kappa shape index (κ2) is 9.81. The van der Waals surface area contributed by atoms with E-state index in [1.165, 1.54) is 16.8 Å². The highest BCUT2D eigenvalue weighted by molar-refractivity contribution is 6.04. The molecular formula is C26H21F3N8O. The van der Waals surface area contributed by atoms with Gasteiger partial charge in [-0.15, -0.1) is 0 Å². The third-order valence-electron chi connectivity index (χ3n) is 5.72. The highest BCUT2D eigenvalue weighted by atomic mass is 19.4. The quantitative estimate of drug-likeness (QED) is 0.309. The van der Waals surface area contributed by atoms with Crippen LogP contribution in [-0.2, 0) is 6.18 Å². The van der Waals surface area contributed by atoms with Gasteiger partial charge in [0.25, 0.3) is 5.91 Å². The van der Waals surface area contributed by atoms with Gasteiger partial charge in [-0.05, 0) is 62.4 Å². The first-order valence-electron chi connectivity index (χ1n) is 11.4. The van der Waals surface area contributed by atoms with Gasteiger partial charge in [0.2, 0.25) is 5.95 Å². The van der Waals surface area contributed by atoms with E-state index in [1.54, 1.807) is 62.0 Å². The van der Waals surface area contributed by atoms with E-state index in [-0.39, 0.29) is 16.9 Å². The number of halogens is 3. The van der Waals surface area contributed by atoms with Crippen LogP contribution in [0.15, 0.2) is 79.5 Å². The Kier molecular flexibility index (Phi) is 6.37. The molecule has 0 spiro atoms. The first kappa shape index (κ1) is 24.7. The SMILES string of the molecule is Cc1nccn1-c1cc(NC(=O)c2ccc(Nc3nccc(-n4ccnc4C)n3)cc2)cc(C(F)(F)F)c1. The Balaban J connectivity index is 1.33. The number of carbonyl (C=O) groups is 1. The molecule has 0 unspecified atom stereocenters. The fourth-order valence-corrected chi connectivity index (χ4v) is 3.84. The van der Waals surface area contributed by atoms with Crippen molar-refractivity contribution in [2.45, 2.75) is 20.0 Å². The summed E-state index contributed by atoms with van der Waals surface area (Å²) in [7, 11) is 0. The zero-order valence-corrected chi connectivity index (χ0v) is 20.2. The monoisotopic (exact) mass is 518 g/mol. The van der Waals surface area contributed by atoms with Crippen molar-refractivity contribution in [1.82, 2.24) is 29.1 Å². The minimum Gasteiger partial charge on any atom is -0.324 e. The number of anilines is 3. The lowest BCUT2D eigenvalue weighted by Gasteiger charge is -2.14. The van der Waals surface area contributed by atoms with Gasteiger partial charge in [-0.1, -0.05) is 0 Å². The number of nitrogens with one attached hydrogen (secondary N) is 2. The average molecular weight is 519 g/mol. The fraction of sp³-hybridized carbons (Fsp3) is 0.115. The number of aromatic nitrogens is 6. The molecule has 0 saturated carbocycles. The van der Waals surface area contributed by atoms with Crippen molar-refractivity contribution in [1.29, 1.82) is 0 Å². The number of benzene rings is 2. The lowest BCUT2D eigenvalue weighted by Crippen LogP contribution is -2.14. The van der Waals surface area contributed by atoms with Crippen LogP contribution in [0.5, 0.6) is 0 Å². The lowest BCUT2D eigenvalue weighted by atomic mass is 10.1. The predicted molar refractivity (Wildman–Crippen MR) is 135 cm³/mol. The molecule has 192 valence electrons. The number of imidazole rings is 2. The number of alkyl halides is 3. The predicted octanol–water partition coefficient (Wildman–Crippen LogP) is 5.48. The summed E-state index contributed by atoms with van der Waals surface area (Å²) in [5.74, 6) is 1.72. The number of hydrogen-bond donors (Lipinski definition) is 2. The first-order chi connectivity index (χ1) is 18.2. The van der Waals surface area contributed by atoms with Gasteiger partial charge >= 0.3 is 6.18 Å². The minimum atomic E-state index is -4.59. The summed E-state index contributed by atoms with van der Waals surface area (Å²) >= 11 is 0. The molecule has 0 aliphatic rings. The Hall–Kier alpha value is -5.00. The third kappa shape index (κ3) is 5.24. The molecule has 12 heteroatoms. The Labute approximate surface area is 215 Å². The van der Waals surface area contributed by atoms with E-state index in [2.05, 4.69) is 30.6 Å². The summed E-state index contributed by atoms with van der Waals surface area (Å²) < 4.78 is 43.9. The van der Waals surface area contributed by atoms with Gasteiger partial charge in [0.15, 0.2) is 0 Å². The molecule has 5 rings (SSSR count). The van der Waals surface area contributed by atoms with E-state index in [1.807, 2.05) is 11.5 Å². The number of aryl methyl sites for hydroxylation is 2. The zero-order valence-electron chi connectivity index (χ0n) is 20.2. The normalized spacial score (nSPS) is 11.4. The van der Waals surface area contributed by atoms with Crippen LogP contribution in [0.4, 0.5) is 30.5 Å². The standard InChI is InChI=1S/C26H21F3N8O/c1-16-30-9-11-36(16)22-14-19(26(27,28)29)13-21(15-22)33-24(38)18-3-5-20(6-4-18)34-25-32-8-7-23(35-25)37-12-10-31-17(37)2/h3-15H,1-2H3,(H,33,38)(H,32,34,35). The molecule has 2 aromatic carbocycles.